The van der Waals surface area contributed by atoms with E-state index in [1.807, 2.05) is 12.1 Å². The van der Waals surface area contributed by atoms with E-state index in [9.17, 15) is 8.78 Å². The van der Waals surface area contributed by atoms with Crippen LogP contribution in [0.4, 0.5) is 8.78 Å². The van der Waals surface area contributed by atoms with Gasteiger partial charge < -0.3 is 0 Å². The molecule has 0 heterocycles. The van der Waals surface area contributed by atoms with Crippen LogP contribution in [-0.4, -0.2) is 6.04 Å². The van der Waals surface area contributed by atoms with Gasteiger partial charge >= 0.3 is 0 Å². The summed E-state index contributed by atoms with van der Waals surface area (Å²) in [6.07, 6.45) is 3.04. The van der Waals surface area contributed by atoms with Crippen LogP contribution in [-0.2, 0) is 0 Å². The molecule has 116 valence electrons. The van der Waals surface area contributed by atoms with Crippen molar-refractivity contribution in [3.8, 4) is 0 Å². The third kappa shape index (κ3) is 3.16. The lowest BCUT2D eigenvalue weighted by atomic mass is 9.78. The molecule has 1 nitrogen and oxygen atoms in total. The van der Waals surface area contributed by atoms with Gasteiger partial charge in [0.05, 0.1) is 0 Å². The molecule has 0 spiro atoms. The summed E-state index contributed by atoms with van der Waals surface area (Å²) in [6.45, 7) is 0. The topological polar surface area (TPSA) is 12.0 Å². The van der Waals surface area contributed by atoms with Gasteiger partial charge in [0.1, 0.15) is 11.6 Å². The van der Waals surface area contributed by atoms with Crippen molar-refractivity contribution in [2.75, 3.05) is 0 Å². The van der Waals surface area contributed by atoms with Gasteiger partial charge in [0.15, 0.2) is 0 Å². The van der Waals surface area contributed by atoms with Crippen molar-refractivity contribution in [1.29, 1.82) is 0 Å². The first-order valence-corrected chi connectivity index (χ1v) is 7.94. The molecule has 22 heavy (non-hydrogen) atoms. The zero-order valence-corrected chi connectivity index (χ0v) is 12.9. The second kappa shape index (κ2) is 6.76. The fourth-order valence-electron chi connectivity index (χ4n) is 3.61. The number of benzene rings is 2. The van der Waals surface area contributed by atoms with Crippen LogP contribution in [0.1, 0.15) is 36.3 Å². The molecule has 1 saturated carbocycles. The summed E-state index contributed by atoms with van der Waals surface area (Å²) in [7, 11) is 0. The van der Waals surface area contributed by atoms with Crippen LogP contribution in [0, 0.1) is 17.6 Å². The van der Waals surface area contributed by atoms with E-state index < -0.39 is 0 Å². The summed E-state index contributed by atoms with van der Waals surface area (Å²) in [6, 6.07) is 13.3. The van der Waals surface area contributed by atoms with Gasteiger partial charge in [-0.25, -0.2) is 13.6 Å². The molecule has 2 unspecified atom stereocenters. The van der Waals surface area contributed by atoms with Crippen molar-refractivity contribution in [3.05, 3.63) is 71.3 Å². The predicted octanol–water partition coefficient (Wildman–Crippen LogP) is 5.01. The average molecular weight is 322 g/mol. The lowest BCUT2D eigenvalue weighted by Crippen LogP contribution is -2.30. The molecule has 1 N–H and O–H groups in total. The first-order valence-electron chi connectivity index (χ1n) is 7.56. The predicted molar refractivity (Wildman–Crippen MR) is 84.8 cm³/mol. The van der Waals surface area contributed by atoms with E-state index in [0.29, 0.717) is 0 Å². The molecule has 1 aliphatic rings. The Hall–Kier alpha value is -1.45. The summed E-state index contributed by atoms with van der Waals surface area (Å²) in [5.41, 5.74) is 1.74. The molecule has 3 rings (SSSR count). The van der Waals surface area contributed by atoms with E-state index in [1.165, 1.54) is 12.1 Å². The molecular weight excluding hydrogens is 304 g/mol. The minimum absolute atomic E-state index is 0.0647. The number of rotatable bonds is 4. The first-order chi connectivity index (χ1) is 10.7. The number of halogens is 3. The number of nitrogens with one attached hydrogen (secondary N) is 1. The number of hydrogen-bond donors (Lipinski definition) is 1. The Labute approximate surface area is 134 Å². The van der Waals surface area contributed by atoms with Crippen molar-refractivity contribution in [3.63, 3.8) is 0 Å². The molecule has 2 aromatic rings. The highest BCUT2D eigenvalue weighted by Gasteiger charge is 2.35. The van der Waals surface area contributed by atoms with Crippen LogP contribution in [0.2, 0.25) is 0 Å². The van der Waals surface area contributed by atoms with Gasteiger partial charge in [-0.05, 0) is 65.9 Å². The van der Waals surface area contributed by atoms with Crippen LogP contribution >= 0.6 is 11.8 Å². The molecular formula is C18H18ClF2N. The van der Waals surface area contributed by atoms with E-state index in [0.717, 1.165) is 30.4 Å². The zero-order valence-electron chi connectivity index (χ0n) is 12.1. The van der Waals surface area contributed by atoms with E-state index in [2.05, 4.69) is 4.84 Å². The van der Waals surface area contributed by atoms with Gasteiger partial charge in [-0.1, -0.05) is 30.7 Å². The average Bonchev–Trinajstić information content (AvgIpc) is 2.96. The minimum atomic E-state index is -0.271. The second-order valence-electron chi connectivity index (χ2n) is 5.90. The Morgan fingerprint density at radius 1 is 0.955 bits per heavy atom. The summed E-state index contributed by atoms with van der Waals surface area (Å²) >= 11 is 5.89. The summed E-state index contributed by atoms with van der Waals surface area (Å²) in [4.78, 5) is 2.85. The molecule has 0 aliphatic heterocycles. The van der Waals surface area contributed by atoms with Crippen molar-refractivity contribution in [2.45, 2.75) is 31.2 Å². The molecule has 0 radical (unpaired) electrons. The van der Waals surface area contributed by atoms with Gasteiger partial charge in [-0.15, -0.1) is 0 Å². The maximum absolute atomic E-state index is 13.7. The van der Waals surface area contributed by atoms with Gasteiger partial charge in [0.25, 0.3) is 0 Å². The monoisotopic (exact) mass is 321 g/mol. The van der Waals surface area contributed by atoms with Crippen LogP contribution in [0.3, 0.4) is 0 Å². The van der Waals surface area contributed by atoms with E-state index in [1.54, 1.807) is 24.3 Å². The molecule has 0 aromatic heterocycles. The summed E-state index contributed by atoms with van der Waals surface area (Å²) in [5, 5.41) is 0. The molecule has 1 aliphatic carbocycles. The molecule has 2 aromatic carbocycles. The van der Waals surface area contributed by atoms with Crippen LogP contribution < -0.4 is 4.84 Å². The first kappa shape index (κ1) is 15.4. The zero-order chi connectivity index (χ0) is 15.5. The Balaban J connectivity index is 2.06. The third-order valence-corrected chi connectivity index (χ3v) is 4.83. The largest absolute Gasteiger partial charge is 0.230 e. The fraction of sp³-hybridized carbons (Fsp3) is 0.333. The Bertz CT molecular complexity index is 601. The van der Waals surface area contributed by atoms with Crippen molar-refractivity contribution in [1.82, 2.24) is 4.84 Å². The molecule has 1 fully saturated rings. The van der Waals surface area contributed by atoms with Crippen LogP contribution in [0.15, 0.2) is 48.5 Å². The summed E-state index contributed by atoms with van der Waals surface area (Å²) < 4.78 is 27.3. The third-order valence-electron chi connectivity index (χ3n) is 4.55. The Kier molecular flexibility index (Phi) is 4.74. The molecule has 2 atom stereocenters. The van der Waals surface area contributed by atoms with E-state index in [4.69, 9.17) is 11.8 Å². The lowest BCUT2D eigenvalue weighted by Gasteiger charge is -2.29. The van der Waals surface area contributed by atoms with Crippen LogP contribution in [0.5, 0.6) is 0 Å². The normalized spacial score (nSPS) is 21.5. The maximum Gasteiger partial charge on any atom is 0.123 e. The molecule has 0 saturated heterocycles. The standard InChI is InChI=1S/C18H18ClF2N/c19-22-17-9-3-8-16(17)18(12-4-1-6-14(20)10-12)13-5-2-7-15(21)11-13/h1-2,4-7,10-11,16-18,22H,3,8-9H2. The highest BCUT2D eigenvalue weighted by Crippen LogP contribution is 2.42. The Morgan fingerprint density at radius 3 is 2.05 bits per heavy atom. The van der Waals surface area contributed by atoms with Crippen molar-refractivity contribution < 1.29 is 8.78 Å². The smallest absolute Gasteiger partial charge is 0.123 e. The SMILES string of the molecule is Fc1cccc(C(c2cccc(F)c2)C2CCCC2NCl)c1. The maximum atomic E-state index is 13.7. The highest BCUT2D eigenvalue weighted by atomic mass is 35.5. The van der Waals surface area contributed by atoms with E-state index in [-0.39, 0.29) is 29.5 Å². The summed E-state index contributed by atoms with van der Waals surface area (Å²) in [5.74, 6) is -0.384. The minimum Gasteiger partial charge on any atom is -0.230 e. The Morgan fingerprint density at radius 2 is 1.55 bits per heavy atom. The van der Waals surface area contributed by atoms with Gasteiger partial charge in [0, 0.05) is 12.0 Å². The van der Waals surface area contributed by atoms with Crippen molar-refractivity contribution in [2.24, 2.45) is 5.92 Å². The molecule has 0 bridgehead atoms. The second-order valence-corrected chi connectivity index (χ2v) is 6.12. The highest BCUT2D eigenvalue weighted by molar-refractivity contribution is 6.13. The van der Waals surface area contributed by atoms with Gasteiger partial charge in [-0.2, -0.15) is 0 Å². The van der Waals surface area contributed by atoms with Crippen molar-refractivity contribution >= 4 is 11.8 Å². The van der Waals surface area contributed by atoms with E-state index >= 15 is 0 Å². The fourth-order valence-corrected chi connectivity index (χ4v) is 3.88. The molecule has 0 amide bonds. The lowest BCUT2D eigenvalue weighted by molar-refractivity contribution is 0.409. The quantitative estimate of drug-likeness (QED) is 0.781. The van der Waals surface area contributed by atoms with Gasteiger partial charge in [-0.3, -0.25) is 0 Å². The molecule has 4 heteroatoms. The van der Waals surface area contributed by atoms with Crippen LogP contribution in [0.25, 0.3) is 0 Å². The van der Waals surface area contributed by atoms with Gasteiger partial charge in [0.2, 0.25) is 0 Å². The number of hydrogen-bond acceptors (Lipinski definition) is 1.